The highest BCUT2D eigenvalue weighted by molar-refractivity contribution is 7.16. The summed E-state index contributed by atoms with van der Waals surface area (Å²) in [6.07, 6.45) is -0.590. The molecule has 19 heavy (non-hydrogen) atoms. The lowest BCUT2D eigenvalue weighted by molar-refractivity contribution is 0.157. The fraction of sp³-hybridized carbons (Fsp3) is 0.133. The Labute approximate surface area is 114 Å². The summed E-state index contributed by atoms with van der Waals surface area (Å²) in [5, 5.41) is 18.3. The second kappa shape index (κ2) is 4.99. The van der Waals surface area contributed by atoms with Crippen molar-refractivity contribution in [3.05, 3.63) is 65.0 Å². The maximum atomic E-state index is 10.3. The Morgan fingerprint density at radius 3 is 2.53 bits per heavy atom. The van der Waals surface area contributed by atoms with E-state index in [9.17, 15) is 5.11 Å². The van der Waals surface area contributed by atoms with Gasteiger partial charge in [-0.2, -0.15) is 0 Å². The zero-order valence-electron chi connectivity index (χ0n) is 10.3. The van der Waals surface area contributed by atoms with Gasteiger partial charge in [0.2, 0.25) is 0 Å². The lowest BCUT2D eigenvalue weighted by Crippen LogP contribution is -2.18. The predicted molar refractivity (Wildman–Crippen MR) is 77.1 cm³/mol. The number of nitrogens with zero attached hydrogens (tertiary/aromatic N) is 1. The summed E-state index contributed by atoms with van der Waals surface area (Å²) in [6, 6.07) is 17.5. The van der Waals surface area contributed by atoms with Crippen molar-refractivity contribution in [1.29, 1.82) is 5.41 Å². The third kappa shape index (κ3) is 2.32. The average molecular weight is 270 g/mol. The van der Waals surface area contributed by atoms with Gasteiger partial charge in [0.25, 0.3) is 0 Å². The van der Waals surface area contributed by atoms with Crippen molar-refractivity contribution in [1.82, 2.24) is 4.57 Å². The first kappa shape index (κ1) is 12.1. The number of rotatable bonds is 3. The van der Waals surface area contributed by atoms with E-state index in [1.54, 1.807) is 0 Å². The third-order valence-electron chi connectivity index (χ3n) is 3.15. The van der Waals surface area contributed by atoms with Crippen LogP contribution < -0.4 is 4.80 Å². The first-order chi connectivity index (χ1) is 9.25. The van der Waals surface area contributed by atoms with E-state index >= 15 is 0 Å². The Kier molecular flexibility index (Phi) is 3.19. The second-order valence-electron chi connectivity index (χ2n) is 4.41. The summed E-state index contributed by atoms with van der Waals surface area (Å²) in [6.45, 7) is 0.410. The summed E-state index contributed by atoms with van der Waals surface area (Å²) in [5.41, 5.74) is 1.89. The van der Waals surface area contributed by atoms with Crippen LogP contribution in [0, 0.1) is 5.41 Å². The molecule has 0 saturated carbocycles. The second-order valence-corrected chi connectivity index (χ2v) is 5.44. The zero-order chi connectivity index (χ0) is 13.2. The van der Waals surface area contributed by atoms with Crippen LogP contribution in [-0.4, -0.2) is 9.67 Å². The van der Waals surface area contributed by atoms with Gasteiger partial charge in [-0.3, -0.25) is 5.41 Å². The lowest BCUT2D eigenvalue weighted by Gasteiger charge is -2.12. The van der Waals surface area contributed by atoms with E-state index in [-0.39, 0.29) is 0 Å². The molecule has 1 atom stereocenters. The molecule has 0 radical (unpaired) electrons. The van der Waals surface area contributed by atoms with Crippen LogP contribution in [0.3, 0.4) is 0 Å². The average Bonchev–Trinajstić information content (AvgIpc) is 2.76. The molecule has 1 aromatic heterocycles. The van der Waals surface area contributed by atoms with E-state index in [1.165, 1.54) is 11.3 Å². The molecular weight excluding hydrogens is 256 g/mol. The van der Waals surface area contributed by atoms with Gasteiger partial charge in [-0.25, -0.2) is 0 Å². The van der Waals surface area contributed by atoms with Crippen molar-refractivity contribution in [2.75, 3.05) is 0 Å². The van der Waals surface area contributed by atoms with Crippen LogP contribution in [0.25, 0.3) is 10.2 Å². The van der Waals surface area contributed by atoms with Gasteiger partial charge < -0.3 is 9.67 Å². The molecule has 3 nitrogen and oxygen atoms in total. The molecule has 2 aromatic carbocycles. The van der Waals surface area contributed by atoms with E-state index in [4.69, 9.17) is 5.41 Å². The Morgan fingerprint density at radius 2 is 1.74 bits per heavy atom. The summed E-state index contributed by atoms with van der Waals surface area (Å²) in [4.78, 5) is 0.469. The fourth-order valence-electron chi connectivity index (χ4n) is 2.17. The minimum absolute atomic E-state index is 0.410. The highest BCUT2D eigenvalue weighted by Gasteiger charge is 2.11. The van der Waals surface area contributed by atoms with Gasteiger partial charge in [0.1, 0.15) is 0 Å². The van der Waals surface area contributed by atoms with Crippen LogP contribution in [0.1, 0.15) is 11.7 Å². The minimum Gasteiger partial charge on any atom is -0.387 e. The molecular formula is C15H14N2OS. The minimum atomic E-state index is -0.590. The molecule has 0 fully saturated rings. The van der Waals surface area contributed by atoms with E-state index in [0.717, 1.165) is 15.8 Å². The summed E-state index contributed by atoms with van der Waals surface area (Å²) in [7, 11) is 0. The number of hydrogen-bond donors (Lipinski definition) is 2. The highest BCUT2D eigenvalue weighted by atomic mass is 32.1. The lowest BCUT2D eigenvalue weighted by atomic mass is 10.1. The molecule has 0 aliphatic heterocycles. The van der Waals surface area contributed by atoms with Gasteiger partial charge >= 0.3 is 0 Å². The van der Waals surface area contributed by atoms with Gasteiger partial charge in [-0.15, -0.1) is 0 Å². The molecule has 0 saturated heterocycles. The van der Waals surface area contributed by atoms with Crippen LogP contribution in [0.15, 0.2) is 54.6 Å². The molecule has 3 rings (SSSR count). The first-order valence-corrected chi connectivity index (χ1v) is 6.93. The molecule has 0 spiro atoms. The van der Waals surface area contributed by atoms with Crippen LogP contribution in [0.5, 0.6) is 0 Å². The topological polar surface area (TPSA) is 49.0 Å². The Balaban J connectivity index is 1.98. The number of fused-ring (bicyclic) bond motifs is 1. The van der Waals surface area contributed by atoms with E-state index < -0.39 is 6.10 Å². The van der Waals surface area contributed by atoms with Crippen molar-refractivity contribution in [3.8, 4) is 0 Å². The van der Waals surface area contributed by atoms with Crippen molar-refractivity contribution in [3.63, 3.8) is 0 Å². The normalized spacial score (nSPS) is 12.7. The Bertz CT molecular complexity index is 745. The maximum absolute atomic E-state index is 10.3. The molecule has 0 bridgehead atoms. The van der Waals surface area contributed by atoms with Gasteiger partial charge in [-0.05, 0) is 17.7 Å². The molecule has 1 heterocycles. The Morgan fingerprint density at radius 1 is 1.05 bits per heavy atom. The van der Waals surface area contributed by atoms with Crippen molar-refractivity contribution in [2.24, 2.45) is 0 Å². The molecule has 0 aliphatic carbocycles. The van der Waals surface area contributed by atoms with E-state index in [2.05, 4.69) is 0 Å². The van der Waals surface area contributed by atoms with Crippen LogP contribution in [0.4, 0.5) is 0 Å². The van der Waals surface area contributed by atoms with Gasteiger partial charge in [0, 0.05) is 0 Å². The quantitative estimate of drug-likeness (QED) is 0.755. The van der Waals surface area contributed by atoms with Crippen molar-refractivity contribution >= 4 is 21.6 Å². The number of thiazole rings is 1. The van der Waals surface area contributed by atoms with Crippen LogP contribution >= 0.6 is 11.3 Å². The standard InChI is InChI=1S/C15H14N2OS/c16-15-17(12-8-4-5-9-14(12)19-15)10-13(18)11-6-2-1-3-7-11/h1-9,13,16,18H,10H2. The number of para-hydroxylation sites is 1. The van der Waals surface area contributed by atoms with Crippen molar-refractivity contribution in [2.45, 2.75) is 12.6 Å². The summed E-state index contributed by atoms with van der Waals surface area (Å²) >= 11 is 1.43. The maximum Gasteiger partial charge on any atom is 0.183 e. The predicted octanol–water partition coefficient (Wildman–Crippen LogP) is 2.92. The molecule has 0 aliphatic rings. The SMILES string of the molecule is N=c1sc2ccccc2n1CC(O)c1ccccc1. The molecule has 1 unspecified atom stereocenters. The molecule has 2 N–H and O–H groups in total. The van der Waals surface area contributed by atoms with Crippen LogP contribution in [0.2, 0.25) is 0 Å². The van der Waals surface area contributed by atoms with E-state index in [0.29, 0.717) is 11.3 Å². The number of benzene rings is 2. The Hall–Kier alpha value is -1.91. The number of aliphatic hydroxyl groups excluding tert-OH is 1. The van der Waals surface area contributed by atoms with Gasteiger partial charge in [0.15, 0.2) is 4.80 Å². The third-order valence-corrected chi connectivity index (χ3v) is 4.13. The monoisotopic (exact) mass is 270 g/mol. The zero-order valence-corrected chi connectivity index (χ0v) is 11.1. The highest BCUT2D eigenvalue weighted by Crippen LogP contribution is 2.20. The van der Waals surface area contributed by atoms with Gasteiger partial charge in [0.05, 0.1) is 22.9 Å². The molecule has 0 amide bonds. The van der Waals surface area contributed by atoms with E-state index in [1.807, 2.05) is 59.2 Å². The van der Waals surface area contributed by atoms with Crippen molar-refractivity contribution < 1.29 is 5.11 Å². The summed E-state index contributed by atoms with van der Waals surface area (Å²) in [5.74, 6) is 0. The molecule has 96 valence electrons. The smallest absolute Gasteiger partial charge is 0.183 e. The first-order valence-electron chi connectivity index (χ1n) is 6.11. The largest absolute Gasteiger partial charge is 0.387 e. The number of hydrogen-bond acceptors (Lipinski definition) is 3. The van der Waals surface area contributed by atoms with Gasteiger partial charge in [-0.1, -0.05) is 53.8 Å². The fourth-order valence-corrected chi connectivity index (χ4v) is 3.09. The number of aromatic nitrogens is 1. The summed E-state index contributed by atoms with van der Waals surface area (Å²) < 4.78 is 2.94. The number of nitrogens with one attached hydrogen (secondary N) is 1. The molecule has 4 heteroatoms. The van der Waals surface area contributed by atoms with Crippen LogP contribution in [-0.2, 0) is 6.54 Å². The molecule has 3 aromatic rings. The number of aliphatic hydroxyl groups is 1.